The van der Waals surface area contributed by atoms with Crippen LogP contribution in [0.25, 0.3) is 0 Å². The number of rotatable bonds is 2. The van der Waals surface area contributed by atoms with Gasteiger partial charge in [0.15, 0.2) is 0 Å². The molecule has 18 heavy (non-hydrogen) atoms. The zero-order valence-electron chi connectivity index (χ0n) is 9.34. The summed E-state index contributed by atoms with van der Waals surface area (Å²) in [6.45, 7) is 0.497. The highest BCUT2D eigenvalue weighted by atomic mass is 35.5. The minimum absolute atomic E-state index is 0.296. The van der Waals surface area contributed by atoms with Crippen molar-refractivity contribution in [3.63, 3.8) is 0 Å². The summed E-state index contributed by atoms with van der Waals surface area (Å²) >= 11 is 6.90. The zero-order chi connectivity index (χ0) is 12.8. The third kappa shape index (κ3) is 1.83. The predicted octanol–water partition coefficient (Wildman–Crippen LogP) is 3.15. The van der Waals surface area contributed by atoms with Gasteiger partial charge in [-0.2, -0.15) is 0 Å². The molecular formula is C12H10ClNO2S2. The van der Waals surface area contributed by atoms with E-state index in [1.165, 1.54) is 4.31 Å². The molecule has 0 fully saturated rings. The van der Waals surface area contributed by atoms with Crippen LogP contribution in [0, 0.1) is 0 Å². The van der Waals surface area contributed by atoms with Crippen LogP contribution in [0.15, 0.2) is 40.6 Å². The zero-order valence-corrected chi connectivity index (χ0v) is 11.7. The van der Waals surface area contributed by atoms with E-state index in [1.54, 1.807) is 12.1 Å². The van der Waals surface area contributed by atoms with Gasteiger partial charge in [0, 0.05) is 6.54 Å². The molecule has 1 aliphatic rings. The molecule has 0 radical (unpaired) electrons. The molecule has 0 atom stereocenters. The van der Waals surface area contributed by atoms with Crippen LogP contribution < -0.4 is 4.31 Å². The van der Waals surface area contributed by atoms with Gasteiger partial charge in [0.1, 0.15) is 4.21 Å². The van der Waals surface area contributed by atoms with Crippen molar-refractivity contribution >= 4 is 38.6 Å². The Balaban J connectivity index is 2.07. The smallest absolute Gasteiger partial charge is 0.265 e. The fraction of sp³-hybridized carbons (Fsp3) is 0.167. The lowest BCUT2D eigenvalue weighted by molar-refractivity contribution is 0.594. The number of nitrogens with zero attached hydrogens (tertiary/aromatic N) is 1. The van der Waals surface area contributed by atoms with E-state index in [0.717, 1.165) is 29.0 Å². The summed E-state index contributed by atoms with van der Waals surface area (Å²) in [5, 5.41) is 0. The average Bonchev–Trinajstić information content (AvgIpc) is 2.95. The fourth-order valence-electron chi connectivity index (χ4n) is 2.10. The van der Waals surface area contributed by atoms with Crippen LogP contribution in [0.1, 0.15) is 5.56 Å². The summed E-state index contributed by atoms with van der Waals surface area (Å²) in [4.78, 5) is 0. The molecule has 0 N–H and O–H groups in total. The fourth-order valence-corrected chi connectivity index (χ4v) is 5.20. The second kappa shape index (κ2) is 4.26. The lowest BCUT2D eigenvalue weighted by atomic mass is 10.2. The highest BCUT2D eigenvalue weighted by Gasteiger charge is 2.31. The molecule has 1 aromatic carbocycles. The second-order valence-electron chi connectivity index (χ2n) is 4.01. The molecule has 3 nitrogen and oxygen atoms in total. The minimum Gasteiger partial charge on any atom is -0.265 e. The summed E-state index contributed by atoms with van der Waals surface area (Å²) < 4.78 is 27.2. The van der Waals surface area contributed by atoms with Gasteiger partial charge in [-0.1, -0.05) is 29.8 Å². The highest BCUT2D eigenvalue weighted by Crippen LogP contribution is 2.35. The molecule has 0 aliphatic carbocycles. The van der Waals surface area contributed by atoms with E-state index in [9.17, 15) is 8.42 Å². The molecule has 2 aromatic rings. The van der Waals surface area contributed by atoms with E-state index in [1.807, 2.05) is 24.3 Å². The molecular weight excluding hydrogens is 290 g/mol. The predicted molar refractivity (Wildman–Crippen MR) is 74.0 cm³/mol. The highest BCUT2D eigenvalue weighted by molar-refractivity contribution is 7.94. The molecule has 0 bridgehead atoms. The summed E-state index contributed by atoms with van der Waals surface area (Å²) in [5.74, 6) is 0. The van der Waals surface area contributed by atoms with Gasteiger partial charge in [0.2, 0.25) is 0 Å². The SMILES string of the molecule is O=S(=O)(c1ccc(Cl)s1)N1CCc2ccccc21. The number of thiophene rings is 1. The molecule has 0 unspecified atom stereocenters. The van der Waals surface area contributed by atoms with E-state index in [4.69, 9.17) is 11.6 Å². The summed E-state index contributed by atoms with van der Waals surface area (Å²) in [5.41, 5.74) is 1.85. The number of para-hydroxylation sites is 1. The lowest BCUT2D eigenvalue weighted by Crippen LogP contribution is -2.28. The Labute approximate surface area is 115 Å². The number of hydrogen-bond acceptors (Lipinski definition) is 3. The molecule has 3 rings (SSSR count). The van der Waals surface area contributed by atoms with Crippen LogP contribution in [0.4, 0.5) is 5.69 Å². The van der Waals surface area contributed by atoms with Crippen molar-refractivity contribution in [1.82, 2.24) is 0 Å². The van der Waals surface area contributed by atoms with Gasteiger partial charge >= 0.3 is 0 Å². The van der Waals surface area contributed by atoms with Crippen LogP contribution in [0.5, 0.6) is 0 Å². The van der Waals surface area contributed by atoms with Crippen molar-refractivity contribution < 1.29 is 8.42 Å². The average molecular weight is 300 g/mol. The number of benzene rings is 1. The van der Waals surface area contributed by atoms with Gasteiger partial charge in [0.25, 0.3) is 10.0 Å². The number of halogens is 1. The first-order chi connectivity index (χ1) is 8.59. The van der Waals surface area contributed by atoms with Crippen LogP contribution in [-0.2, 0) is 16.4 Å². The van der Waals surface area contributed by atoms with Crippen LogP contribution >= 0.6 is 22.9 Å². The van der Waals surface area contributed by atoms with Gasteiger partial charge in [-0.05, 0) is 30.2 Å². The van der Waals surface area contributed by atoms with Crippen LogP contribution in [0.2, 0.25) is 4.34 Å². The third-order valence-corrected chi connectivity index (χ3v) is 6.45. The Morgan fingerprint density at radius 3 is 2.67 bits per heavy atom. The first kappa shape index (κ1) is 12.0. The monoisotopic (exact) mass is 299 g/mol. The van der Waals surface area contributed by atoms with Crippen molar-refractivity contribution in [1.29, 1.82) is 0 Å². The number of fused-ring (bicyclic) bond motifs is 1. The molecule has 1 aromatic heterocycles. The molecule has 1 aliphatic heterocycles. The molecule has 6 heteroatoms. The summed E-state index contributed by atoms with van der Waals surface area (Å²) in [6, 6.07) is 10.8. The van der Waals surface area contributed by atoms with E-state index in [0.29, 0.717) is 15.1 Å². The Bertz CT molecular complexity index is 694. The Kier molecular flexibility index (Phi) is 2.84. The quantitative estimate of drug-likeness (QED) is 0.854. The number of sulfonamides is 1. The van der Waals surface area contributed by atoms with Gasteiger partial charge in [-0.3, -0.25) is 4.31 Å². The summed E-state index contributed by atoms with van der Waals surface area (Å²) in [7, 11) is -3.46. The normalized spacial score (nSPS) is 14.8. The van der Waals surface area contributed by atoms with E-state index in [2.05, 4.69) is 0 Å². The maximum Gasteiger partial charge on any atom is 0.273 e. The topological polar surface area (TPSA) is 37.4 Å². The molecule has 2 heterocycles. The van der Waals surface area contributed by atoms with E-state index >= 15 is 0 Å². The largest absolute Gasteiger partial charge is 0.273 e. The van der Waals surface area contributed by atoms with Crippen molar-refractivity contribution in [2.24, 2.45) is 0 Å². The number of hydrogen-bond donors (Lipinski definition) is 0. The second-order valence-corrected chi connectivity index (χ2v) is 7.82. The lowest BCUT2D eigenvalue weighted by Gasteiger charge is -2.18. The molecule has 0 saturated carbocycles. The Hall–Kier alpha value is -1.04. The minimum atomic E-state index is -3.46. The van der Waals surface area contributed by atoms with Crippen LogP contribution in [0.3, 0.4) is 0 Å². The number of anilines is 1. The van der Waals surface area contributed by atoms with E-state index < -0.39 is 10.0 Å². The van der Waals surface area contributed by atoms with Crippen LogP contribution in [-0.4, -0.2) is 15.0 Å². The van der Waals surface area contributed by atoms with Crippen molar-refractivity contribution in [3.8, 4) is 0 Å². The van der Waals surface area contributed by atoms with Gasteiger partial charge < -0.3 is 0 Å². The maximum atomic E-state index is 12.5. The molecule has 0 saturated heterocycles. The van der Waals surface area contributed by atoms with Gasteiger partial charge in [0.05, 0.1) is 10.0 Å². The van der Waals surface area contributed by atoms with Crippen molar-refractivity contribution in [2.75, 3.05) is 10.8 Å². The molecule has 0 amide bonds. The van der Waals surface area contributed by atoms with Crippen molar-refractivity contribution in [2.45, 2.75) is 10.6 Å². The maximum absolute atomic E-state index is 12.5. The third-order valence-electron chi connectivity index (χ3n) is 2.94. The Morgan fingerprint density at radius 1 is 1.17 bits per heavy atom. The molecule has 0 spiro atoms. The van der Waals surface area contributed by atoms with Gasteiger partial charge in [-0.15, -0.1) is 11.3 Å². The summed E-state index contributed by atoms with van der Waals surface area (Å²) in [6.07, 6.45) is 0.758. The van der Waals surface area contributed by atoms with Crippen molar-refractivity contribution in [3.05, 3.63) is 46.3 Å². The Morgan fingerprint density at radius 2 is 1.94 bits per heavy atom. The first-order valence-corrected chi connectivity index (χ1v) is 8.08. The van der Waals surface area contributed by atoms with E-state index in [-0.39, 0.29) is 0 Å². The van der Waals surface area contributed by atoms with Gasteiger partial charge in [-0.25, -0.2) is 8.42 Å². The first-order valence-electron chi connectivity index (χ1n) is 5.45. The standard InChI is InChI=1S/C12H10ClNO2S2/c13-11-5-6-12(17-11)18(15,16)14-8-7-9-3-1-2-4-10(9)14/h1-6H,7-8H2. The molecule has 94 valence electrons.